The van der Waals surface area contributed by atoms with Crippen molar-refractivity contribution in [3.63, 3.8) is 0 Å². The molecule has 1 aliphatic heterocycles. The SMILES string of the molecule is CCOc1ccc(C(=O)NNC(=O)[C@@H](N=C2NS(=O)(=O)c3ccccc32)[C@@H](C)CC)cc1OC. The van der Waals surface area contributed by atoms with Crippen molar-refractivity contribution in [1.82, 2.24) is 15.6 Å². The monoisotopic (exact) mass is 488 g/mol. The molecular weight excluding hydrogens is 460 g/mol. The summed E-state index contributed by atoms with van der Waals surface area (Å²) in [5, 5.41) is 0. The first-order valence-corrected chi connectivity index (χ1v) is 12.3. The van der Waals surface area contributed by atoms with E-state index >= 15 is 0 Å². The lowest BCUT2D eigenvalue weighted by Gasteiger charge is -2.19. The number of nitrogens with one attached hydrogen (secondary N) is 3. The van der Waals surface area contributed by atoms with Gasteiger partial charge in [-0.05, 0) is 43.2 Å². The van der Waals surface area contributed by atoms with Crippen molar-refractivity contribution >= 4 is 27.7 Å². The molecule has 1 aliphatic rings. The minimum Gasteiger partial charge on any atom is -0.493 e. The van der Waals surface area contributed by atoms with E-state index in [4.69, 9.17) is 9.47 Å². The minimum atomic E-state index is -3.74. The second-order valence-corrected chi connectivity index (χ2v) is 9.30. The molecule has 10 nitrogen and oxygen atoms in total. The van der Waals surface area contributed by atoms with Crippen molar-refractivity contribution in [3.05, 3.63) is 53.6 Å². The fraction of sp³-hybridized carbons (Fsp3) is 0.348. The van der Waals surface area contributed by atoms with Gasteiger partial charge in [-0.3, -0.25) is 30.2 Å². The Labute approximate surface area is 198 Å². The summed E-state index contributed by atoms with van der Waals surface area (Å²) in [4.78, 5) is 30.1. The Balaban J connectivity index is 1.78. The van der Waals surface area contributed by atoms with E-state index in [2.05, 4.69) is 20.6 Å². The van der Waals surface area contributed by atoms with Gasteiger partial charge in [0.1, 0.15) is 11.9 Å². The van der Waals surface area contributed by atoms with E-state index < -0.39 is 27.9 Å². The van der Waals surface area contributed by atoms with Gasteiger partial charge in [-0.25, -0.2) is 8.42 Å². The third-order valence-electron chi connectivity index (χ3n) is 5.41. The zero-order chi connectivity index (χ0) is 24.9. The molecule has 0 radical (unpaired) electrons. The molecule has 0 saturated carbocycles. The number of carbonyl (C=O) groups excluding carboxylic acids is 2. The van der Waals surface area contributed by atoms with E-state index in [1.165, 1.54) is 19.2 Å². The van der Waals surface area contributed by atoms with Gasteiger partial charge in [-0.2, -0.15) is 0 Å². The normalized spacial score (nSPS) is 16.6. The summed E-state index contributed by atoms with van der Waals surface area (Å²) >= 11 is 0. The number of nitrogens with zero attached hydrogens (tertiary/aromatic N) is 1. The summed E-state index contributed by atoms with van der Waals surface area (Å²) in [7, 11) is -2.27. The maximum absolute atomic E-state index is 12.9. The number of hydrogen-bond donors (Lipinski definition) is 3. The summed E-state index contributed by atoms with van der Waals surface area (Å²) < 4.78 is 37.9. The summed E-state index contributed by atoms with van der Waals surface area (Å²) in [5.41, 5.74) is 5.43. The largest absolute Gasteiger partial charge is 0.493 e. The number of ether oxygens (including phenoxy) is 2. The first-order chi connectivity index (χ1) is 16.2. The van der Waals surface area contributed by atoms with E-state index in [9.17, 15) is 18.0 Å². The fourth-order valence-electron chi connectivity index (χ4n) is 3.38. The summed E-state index contributed by atoms with van der Waals surface area (Å²) in [5.74, 6) is -0.380. The standard InChI is InChI=1S/C23H28N4O6S/c1-5-14(3)20(24-21-16-9-7-8-10-19(16)34(30,31)27-21)23(29)26-25-22(28)15-11-12-17(33-6-2)18(13-15)32-4/h7-14,20H,5-6H2,1-4H3,(H,24,27)(H,25,28)(H,26,29)/t14-,20-/m0/s1. The molecule has 2 amide bonds. The number of benzene rings is 2. The van der Waals surface area contributed by atoms with Gasteiger partial charge in [0.15, 0.2) is 11.5 Å². The van der Waals surface area contributed by atoms with Crippen molar-refractivity contribution in [2.24, 2.45) is 10.9 Å². The van der Waals surface area contributed by atoms with Gasteiger partial charge in [-0.15, -0.1) is 0 Å². The lowest BCUT2D eigenvalue weighted by molar-refractivity contribution is -0.124. The van der Waals surface area contributed by atoms with E-state index in [0.29, 0.717) is 30.1 Å². The van der Waals surface area contributed by atoms with Crippen molar-refractivity contribution < 1.29 is 27.5 Å². The first-order valence-electron chi connectivity index (χ1n) is 10.8. The van der Waals surface area contributed by atoms with Crippen LogP contribution in [0, 0.1) is 5.92 Å². The average molecular weight is 489 g/mol. The molecule has 3 rings (SSSR count). The van der Waals surface area contributed by atoms with Crippen LogP contribution in [0.2, 0.25) is 0 Å². The Kier molecular flexibility index (Phi) is 7.77. The highest BCUT2D eigenvalue weighted by Gasteiger charge is 2.33. The maximum atomic E-state index is 12.9. The second kappa shape index (κ2) is 10.6. The third kappa shape index (κ3) is 5.30. The summed E-state index contributed by atoms with van der Waals surface area (Å²) in [6, 6.07) is 10.1. The van der Waals surface area contributed by atoms with Crippen LogP contribution in [0.4, 0.5) is 0 Å². The second-order valence-electron chi connectivity index (χ2n) is 7.65. The van der Waals surface area contributed by atoms with E-state index in [-0.39, 0.29) is 22.2 Å². The molecule has 2 aromatic rings. The fourth-order valence-corrected chi connectivity index (χ4v) is 4.62. The number of carbonyl (C=O) groups is 2. The van der Waals surface area contributed by atoms with Crippen molar-refractivity contribution in [2.75, 3.05) is 13.7 Å². The third-order valence-corrected chi connectivity index (χ3v) is 6.80. The van der Waals surface area contributed by atoms with Gasteiger partial charge in [0.05, 0.1) is 18.6 Å². The van der Waals surface area contributed by atoms with Crippen LogP contribution in [0.1, 0.15) is 43.1 Å². The van der Waals surface area contributed by atoms with Crippen LogP contribution in [-0.2, 0) is 14.8 Å². The van der Waals surface area contributed by atoms with Crippen molar-refractivity contribution in [2.45, 2.75) is 38.1 Å². The van der Waals surface area contributed by atoms with Gasteiger partial charge < -0.3 is 9.47 Å². The highest BCUT2D eigenvalue weighted by molar-refractivity contribution is 7.90. The number of hydrogen-bond acceptors (Lipinski definition) is 7. The smallest absolute Gasteiger partial charge is 0.269 e. The molecule has 11 heteroatoms. The maximum Gasteiger partial charge on any atom is 0.269 e. The lowest BCUT2D eigenvalue weighted by atomic mass is 9.99. The molecule has 0 fully saturated rings. The van der Waals surface area contributed by atoms with Crippen LogP contribution in [0.3, 0.4) is 0 Å². The predicted molar refractivity (Wildman–Crippen MR) is 126 cm³/mol. The number of aliphatic imine (C=N–C) groups is 1. The van der Waals surface area contributed by atoms with Gasteiger partial charge in [-0.1, -0.05) is 32.4 Å². The topological polar surface area (TPSA) is 135 Å². The lowest BCUT2D eigenvalue weighted by Crippen LogP contribution is -2.48. The molecule has 3 N–H and O–H groups in total. The Morgan fingerprint density at radius 3 is 2.50 bits per heavy atom. The Bertz CT molecular complexity index is 1210. The Morgan fingerprint density at radius 1 is 1.09 bits per heavy atom. The molecule has 0 aromatic heterocycles. The van der Waals surface area contributed by atoms with Crippen LogP contribution in [0.5, 0.6) is 11.5 Å². The van der Waals surface area contributed by atoms with Crippen LogP contribution in [0.25, 0.3) is 0 Å². The molecule has 182 valence electrons. The molecule has 1 heterocycles. The average Bonchev–Trinajstić information content (AvgIpc) is 3.10. The van der Waals surface area contributed by atoms with Crippen molar-refractivity contribution in [1.29, 1.82) is 0 Å². The molecule has 0 saturated heterocycles. The van der Waals surface area contributed by atoms with E-state index in [1.807, 2.05) is 20.8 Å². The van der Waals surface area contributed by atoms with Gasteiger partial charge in [0, 0.05) is 11.1 Å². The zero-order valence-corrected chi connectivity index (χ0v) is 20.2. The highest BCUT2D eigenvalue weighted by Crippen LogP contribution is 2.28. The number of amides is 2. The van der Waals surface area contributed by atoms with Crippen molar-refractivity contribution in [3.8, 4) is 11.5 Å². The molecule has 0 aliphatic carbocycles. The van der Waals surface area contributed by atoms with Gasteiger partial charge >= 0.3 is 0 Å². The molecule has 0 bridgehead atoms. The first kappa shape index (κ1) is 25.0. The molecular formula is C23H28N4O6S. The van der Waals surface area contributed by atoms with Gasteiger partial charge in [0.2, 0.25) is 0 Å². The Morgan fingerprint density at radius 2 is 1.82 bits per heavy atom. The zero-order valence-electron chi connectivity index (χ0n) is 19.4. The number of hydrazine groups is 1. The van der Waals surface area contributed by atoms with Crippen LogP contribution in [0.15, 0.2) is 52.4 Å². The summed E-state index contributed by atoms with van der Waals surface area (Å²) in [6.45, 7) is 5.99. The van der Waals surface area contributed by atoms with Crippen LogP contribution >= 0.6 is 0 Å². The number of amidine groups is 1. The molecule has 2 atom stereocenters. The number of fused-ring (bicyclic) bond motifs is 1. The molecule has 0 unspecified atom stereocenters. The highest BCUT2D eigenvalue weighted by atomic mass is 32.2. The van der Waals surface area contributed by atoms with Gasteiger partial charge in [0.25, 0.3) is 21.8 Å². The number of sulfonamides is 1. The number of rotatable bonds is 8. The van der Waals surface area contributed by atoms with Crippen LogP contribution < -0.4 is 25.0 Å². The Hall–Kier alpha value is -3.60. The van der Waals surface area contributed by atoms with Crippen LogP contribution in [-0.4, -0.2) is 45.8 Å². The quantitative estimate of drug-likeness (QED) is 0.487. The van der Waals surface area contributed by atoms with E-state index in [0.717, 1.165) is 0 Å². The molecule has 2 aromatic carbocycles. The molecule has 34 heavy (non-hydrogen) atoms. The summed E-state index contributed by atoms with van der Waals surface area (Å²) in [6.07, 6.45) is 0.604. The molecule has 0 spiro atoms. The van der Waals surface area contributed by atoms with E-state index in [1.54, 1.807) is 30.3 Å². The predicted octanol–water partition coefficient (Wildman–Crippen LogP) is 2.01. The minimum absolute atomic E-state index is 0.0959. The number of methoxy groups -OCH3 is 1.